The van der Waals surface area contributed by atoms with Crippen LogP contribution < -0.4 is 0 Å². The van der Waals surface area contributed by atoms with Crippen LogP contribution >= 0.6 is 0 Å². The van der Waals surface area contributed by atoms with Gasteiger partial charge in [-0.3, -0.25) is 4.79 Å². The molecule has 1 aromatic rings. The first-order chi connectivity index (χ1) is 12.1. The molecular formula is C20H28FNO3. The van der Waals surface area contributed by atoms with Crippen LogP contribution in [0.25, 0.3) is 0 Å². The van der Waals surface area contributed by atoms with Crippen LogP contribution in [0, 0.1) is 5.82 Å². The van der Waals surface area contributed by atoms with E-state index in [1.165, 1.54) is 12.1 Å². The normalized spacial score (nSPS) is 25.7. The zero-order valence-electron chi connectivity index (χ0n) is 15.2. The van der Waals surface area contributed by atoms with E-state index >= 15 is 0 Å². The van der Waals surface area contributed by atoms with Gasteiger partial charge in [0.05, 0.1) is 6.10 Å². The molecule has 1 heterocycles. The maximum Gasteiger partial charge on any atom is 0.254 e. The van der Waals surface area contributed by atoms with Crippen molar-refractivity contribution in [2.45, 2.75) is 63.2 Å². The summed E-state index contributed by atoms with van der Waals surface area (Å²) in [6, 6.07) is 6.57. The SMILES string of the molecule is CCOC1(C(=O)N(C)[C@@H]2CCO[C@@H](c3ccc(F)cc3)C2)CCCC1. The van der Waals surface area contributed by atoms with Gasteiger partial charge in [0.2, 0.25) is 0 Å². The number of carbonyl (C=O) groups excluding carboxylic acids is 1. The lowest BCUT2D eigenvalue weighted by Crippen LogP contribution is -2.52. The molecule has 2 atom stereocenters. The number of halogens is 1. The monoisotopic (exact) mass is 349 g/mol. The summed E-state index contributed by atoms with van der Waals surface area (Å²) >= 11 is 0. The van der Waals surface area contributed by atoms with Gasteiger partial charge in [-0.25, -0.2) is 4.39 Å². The summed E-state index contributed by atoms with van der Waals surface area (Å²) in [6.45, 7) is 3.11. The zero-order valence-corrected chi connectivity index (χ0v) is 15.2. The van der Waals surface area contributed by atoms with E-state index in [9.17, 15) is 9.18 Å². The summed E-state index contributed by atoms with van der Waals surface area (Å²) in [5.74, 6) is -0.139. The number of nitrogens with zero attached hydrogens (tertiary/aromatic N) is 1. The molecule has 2 fully saturated rings. The van der Waals surface area contributed by atoms with Gasteiger partial charge in [0.25, 0.3) is 5.91 Å². The highest BCUT2D eigenvalue weighted by Gasteiger charge is 2.45. The lowest BCUT2D eigenvalue weighted by molar-refractivity contribution is -0.161. The van der Waals surface area contributed by atoms with E-state index in [4.69, 9.17) is 9.47 Å². The van der Waals surface area contributed by atoms with Gasteiger partial charge in [-0.1, -0.05) is 12.1 Å². The third kappa shape index (κ3) is 3.87. The fourth-order valence-corrected chi connectivity index (χ4v) is 4.17. The van der Waals surface area contributed by atoms with Crippen LogP contribution in [-0.4, -0.2) is 42.7 Å². The molecule has 1 aliphatic carbocycles. The van der Waals surface area contributed by atoms with Crippen LogP contribution in [-0.2, 0) is 14.3 Å². The van der Waals surface area contributed by atoms with Crippen molar-refractivity contribution in [3.05, 3.63) is 35.6 Å². The van der Waals surface area contributed by atoms with Gasteiger partial charge in [0.1, 0.15) is 11.4 Å². The Bertz CT molecular complexity index is 583. The maximum absolute atomic E-state index is 13.2. The first-order valence-corrected chi connectivity index (χ1v) is 9.34. The van der Waals surface area contributed by atoms with Gasteiger partial charge in [0, 0.05) is 26.3 Å². The van der Waals surface area contributed by atoms with Crippen molar-refractivity contribution in [3.63, 3.8) is 0 Å². The third-order valence-corrected chi connectivity index (χ3v) is 5.59. The summed E-state index contributed by atoms with van der Waals surface area (Å²) in [6.07, 6.45) is 5.18. The van der Waals surface area contributed by atoms with Crippen molar-refractivity contribution in [2.75, 3.05) is 20.3 Å². The van der Waals surface area contributed by atoms with E-state index < -0.39 is 5.60 Å². The number of ether oxygens (including phenoxy) is 2. The Morgan fingerprint density at radius 3 is 2.64 bits per heavy atom. The van der Waals surface area contributed by atoms with Crippen molar-refractivity contribution < 1.29 is 18.7 Å². The number of benzene rings is 1. The van der Waals surface area contributed by atoms with E-state index in [0.29, 0.717) is 13.2 Å². The molecule has 3 rings (SSSR count). The van der Waals surface area contributed by atoms with E-state index in [1.807, 2.05) is 18.9 Å². The number of rotatable bonds is 5. The summed E-state index contributed by atoms with van der Waals surface area (Å²) in [4.78, 5) is 15.0. The van der Waals surface area contributed by atoms with Gasteiger partial charge in [0.15, 0.2) is 0 Å². The van der Waals surface area contributed by atoms with Gasteiger partial charge in [-0.15, -0.1) is 0 Å². The number of hydrogen-bond donors (Lipinski definition) is 0. The minimum atomic E-state index is -0.632. The molecule has 1 amide bonds. The summed E-state index contributed by atoms with van der Waals surface area (Å²) in [5.41, 5.74) is 0.333. The Balaban J connectivity index is 1.69. The highest BCUT2D eigenvalue weighted by molar-refractivity contribution is 5.85. The van der Waals surface area contributed by atoms with Crippen molar-refractivity contribution >= 4 is 5.91 Å². The molecule has 0 aromatic heterocycles. The molecule has 5 heteroatoms. The molecule has 25 heavy (non-hydrogen) atoms. The molecule has 2 aliphatic rings. The van der Waals surface area contributed by atoms with Crippen LogP contribution in [0.15, 0.2) is 24.3 Å². The predicted octanol–water partition coefficient (Wildman–Crippen LogP) is 3.85. The molecule has 1 aliphatic heterocycles. The Labute approximate surface area is 149 Å². The van der Waals surface area contributed by atoms with Crippen molar-refractivity contribution in [1.29, 1.82) is 0 Å². The molecular weight excluding hydrogens is 321 g/mol. The van der Waals surface area contributed by atoms with E-state index in [2.05, 4.69) is 0 Å². The zero-order chi connectivity index (χ0) is 17.9. The van der Waals surface area contributed by atoms with Crippen molar-refractivity contribution in [3.8, 4) is 0 Å². The van der Waals surface area contributed by atoms with E-state index in [1.54, 1.807) is 12.1 Å². The number of carbonyl (C=O) groups is 1. The second kappa shape index (κ2) is 7.83. The molecule has 4 nitrogen and oxygen atoms in total. The molecule has 1 aromatic carbocycles. The minimum Gasteiger partial charge on any atom is -0.373 e. The van der Waals surface area contributed by atoms with Gasteiger partial charge in [-0.2, -0.15) is 0 Å². The fourth-order valence-electron chi connectivity index (χ4n) is 4.17. The van der Waals surface area contributed by atoms with Crippen LogP contribution in [0.4, 0.5) is 4.39 Å². The molecule has 1 saturated heterocycles. The smallest absolute Gasteiger partial charge is 0.254 e. The highest BCUT2D eigenvalue weighted by atomic mass is 19.1. The number of amides is 1. The predicted molar refractivity (Wildman–Crippen MR) is 93.7 cm³/mol. The number of likely N-dealkylation sites (N-methyl/N-ethyl adjacent to an activating group) is 1. The fraction of sp³-hybridized carbons (Fsp3) is 0.650. The quantitative estimate of drug-likeness (QED) is 0.810. The molecule has 0 N–H and O–H groups in total. The molecule has 1 saturated carbocycles. The standard InChI is InChI=1S/C20H28FNO3/c1-3-25-20(11-4-5-12-20)19(23)22(2)17-10-13-24-18(14-17)15-6-8-16(21)9-7-15/h6-9,17-18H,3-5,10-14H2,1-2H3/t17-,18-/m1/s1. The Hall–Kier alpha value is -1.46. The average molecular weight is 349 g/mol. The lowest BCUT2D eigenvalue weighted by Gasteiger charge is -2.40. The van der Waals surface area contributed by atoms with E-state index in [-0.39, 0.29) is 23.9 Å². The summed E-state index contributed by atoms with van der Waals surface area (Å²) < 4.78 is 24.9. The van der Waals surface area contributed by atoms with Gasteiger partial charge in [-0.05, 0) is 63.1 Å². The van der Waals surface area contributed by atoms with Crippen LogP contribution in [0.2, 0.25) is 0 Å². The first-order valence-electron chi connectivity index (χ1n) is 9.34. The number of hydrogen-bond acceptors (Lipinski definition) is 3. The van der Waals surface area contributed by atoms with Crippen LogP contribution in [0.5, 0.6) is 0 Å². The molecule has 0 spiro atoms. The van der Waals surface area contributed by atoms with E-state index in [0.717, 1.165) is 44.1 Å². The second-order valence-electron chi connectivity index (χ2n) is 7.14. The van der Waals surface area contributed by atoms with Crippen LogP contribution in [0.1, 0.15) is 57.1 Å². The van der Waals surface area contributed by atoms with Gasteiger partial charge < -0.3 is 14.4 Å². The van der Waals surface area contributed by atoms with Crippen molar-refractivity contribution in [1.82, 2.24) is 4.90 Å². The third-order valence-electron chi connectivity index (χ3n) is 5.59. The topological polar surface area (TPSA) is 38.8 Å². The summed E-state index contributed by atoms with van der Waals surface area (Å²) in [5, 5.41) is 0. The highest BCUT2D eigenvalue weighted by Crippen LogP contribution is 2.37. The molecule has 138 valence electrons. The average Bonchev–Trinajstić information content (AvgIpc) is 3.11. The molecule has 0 unspecified atom stereocenters. The molecule has 0 radical (unpaired) electrons. The Morgan fingerprint density at radius 2 is 2.00 bits per heavy atom. The van der Waals surface area contributed by atoms with Crippen LogP contribution in [0.3, 0.4) is 0 Å². The van der Waals surface area contributed by atoms with Crippen molar-refractivity contribution in [2.24, 2.45) is 0 Å². The maximum atomic E-state index is 13.2. The second-order valence-corrected chi connectivity index (χ2v) is 7.14. The largest absolute Gasteiger partial charge is 0.373 e. The Morgan fingerprint density at radius 1 is 1.32 bits per heavy atom. The first kappa shape index (κ1) is 18.3. The summed E-state index contributed by atoms with van der Waals surface area (Å²) in [7, 11) is 1.89. The molecule has 0 bridgehead atoms. The Kier molecular flexibility index (Phi) is 5.74. The van der Waals surface area contributed by atoms with Gasteiger partial charge >= 0.3 is 0 Å². The lowest BCUT2D eigenvalue weighted by atomic mass is 9.94. The minimum absolute atomic E-state index is 0.0961.